The Morgan fingerprint density at radius 2 is 1.94 bits per heavy atom. The van der Waals surface area contributed by atoms with E-state index in [9.17, 15) is 4.79 Å². The van der Waals surface area contributed by atoms with Crippen molar-refractivity contribution >= 4 is 5.97 Å². The number of carboxylic acid groups (broad SMARTS) is 1. The first kappa shape index (κ1) is 15.5. The molecule has 3 nitrogen and oxygen atoms in total. The molecule has 18 heavy (non-hydrogen) atoms. The normalized spacial score (nSPS) is 19.9. The SMILES string of the molecule is CCC(CCC1CCCC1)CCC(CN)C(=O)O. The molecule has 1 aliphatic carbocycles. The van der Waals surface area contributed by atoms with Crippen LogP contribution >= 0.6 is 0 Å². The maximum atomic E-state index is 10.9. The average Bonchev–Trinajstić information content (AvgIpc) is 2.86. The second kappa shape index (κ2) is 8.52. The van der Waals surface area contributed by atoms with Crippen LogP contribution in [0.25, 0.3) is 0 Å². The van der Waals surface area contributed by atoms with E-state index in [1.54, 1.807) is 0 Å². The lowest BCUT2D eigenvalue weighted by Gasteiger charge is -2.19. The molecule has 0 saturated heterocycles. The van der Waals surface area contributed by atoms with Crippen LogP contribution in [0, 0.1) is 17.8 Å². The van der Waals surface area contributed by atoms with Gasteiger partial charge in [0.25, 0.3) is 0 Å². The van der Waals surface area contributed by atoms with Crippen molar-refractivity contribution in [3.05, 3.63) is 0 Å². The first-order chi connectivity index (χ1) is 8.67. The van der Waals surface area contributed by atoms with E-state index in [0.29, 0.717) is 5.92 Å². The molecule has 0 radical (unpaired) electrons. The summed E-state index contributed by atoms with van der Waals surface area (Å²) in [4.78, 5) is 10.9. The second-order valence-electron chi connectivity index (χ2n) is 5.85. The highest BCUT2D eigenvalue weighted by atomic mass is 16.4. The van der Waals surface area contributed by atoms with E-state index < -0.39 is 5.97 Å². The highest BCUT2D eigenvalue weighted by Crippen LogP contribution is 2.31. The van der Waals surface area contributed by atoms with E-state index in [1.165, 1.54) is 44.9 Å². The molecule has 0 amide bonds. The Kier molecular flexibility index (Phi) is 7.33. The summed E-state index contributed by atoms with van der Waals surface area (Å²) < 4.78 is 0. The molecule has 1 fully saturated rings. The Labute approximate surface area is 111 Å². The Hall–Kier alpha value is -0.570. The summed E-state index contributed by atoms with van der Waals surface area (Å²) in [6.45, 7) is 2.49. The van der Waals surface area contributed by atoms with Gasteiger partial charge in [0, 0.05) is 6.54 Å². The van der Waals surface area contributed by atoms with Gasteiger partial charge >= 0.3 is 5.97 Å². The van der Waals surface area contributed by atoms with Crippen LogP contribution in [0.1, 0.15) is 64.7 Å². The van der Waals surface area contributed by atoms with Crippen LogP contribution in [-0.4, -0.2) is 17.6 Å². The highest BCUT2D eigenvalue weighted by molar-refractivity contribution is 5.70. The maximum absolute atomic E-state index is 10.9. The van der Waals surface area contributed by atoms with Crippen molar-refractivity contribution in [3.63, 3.8) is 0 Å². The van der Waals surface area contributed by atoms with Gasteiger partial charge in [0.1, 0.15) is 0 Å². The topological polar surface area (TPSA) is 63.3 Å². The molecule has 2 atom stereocenters. The third kappa shape index (κ3) is 5.38. The molecule has 2 unspecified atom stereocenters. The molecular weight excluding hydrogens is 226 g/mol. The summed E-state index contributed by atoms with van der Waals surface area (Å²) in [5.74, 6) is 0.566. The second-order valence-corrected chi connectivity index (χ2v) is 5.85. The molecular formula is C15H29NO2. The summed E-state index contributed by atoms with van der Waals surface area (Å²) in [7, 11) is 0. The fraction of sp³-hybridized carbons (Fsp3) is 0.933. The van der Waals surface area contributed by atoms with Crippen LogP contribution in [0.5, 0.6) is 0 Å². The molecule has 0 aromatic carbocycles. The van der Waals surface area contributed by atoms with Crippen LogP contribution in [0.3, 0.4) is 0 Å². The Morgan fingerprint density at radius 1 is 1.28 bits per heavy atom. The van der Waals surface area contributed by atoms with Gasteiger partial charge in [0.15, 0.2) is 0 Å². The van der Waals surface area contributed by atoms with Crippen LogP contribution in [0.2, 0.25) is 0 Å². The van der Waals surface area contributed by atoms with Crippen LogP contribution in [-0.2, 0) is 4.79 Å². The number of carboxylic acids is 1. The molecule has 3 heteroatoms. The number of hydrogen-bond acceptors (Lipinski definition) is 2. The van der Waals surface area contributed by atoms with Gasteiger partial charge in [-0.2, -0.15) is 0 Å². The van der Waals surface area contributed by atoms with Crippen molar-refractivity contribution < 1.29 is 9.90 Å². The van der Waals surface area contributed by atoms with E-state index in [2.05, 4.69) is 6.92 Å². The van der Waals surface area contributed by atoms with Gasteiger partial charge in [-0.05, 0) is 24.7 Å². The zero-order valence-electron chi connectivity index (χ0n) is 11.7. The summed E-state index contributed by atoms with van der Waals surface area (Å²) >= 11 is 0. The Bertz CT molecular complexity index is 237. The zero-order valence-corrected chi connectivity index (χ0v) is 11.7. The van der Waals surface area contributed by atoms with Crippen molar-refractivity contribution in [1.82, 2.24) is 0 Å². The monoisotopic (exact) mass is 255 g/mol. The molecule has 0 spiro atoms. The van der Waals surface area contributed by atoms with E-state index in [4.69, 9.17) is 10.8 Å². The molecule has 3 N–H and O–H groups in total. The van der Waals surface area contributed by atoms with Gasteiger partial charge in [-0.15, -0.1) is 0 Å². The lowest BCUT2D eigenvalue weighted by Crippen LogP contribution is -2.24. The minimum Gasteiger partial charge on any atom is -0.481 e. The average molecular weight is 255 g/mol. The number of carbonyl (C=O) groups is 1. The van der Waals surface area contributed by atoms with Crippen molar-refractivity contribution in [1.29, 1.82) is 0 Å². The lowest BCUT2D eigenvalue weighted by atomic mass is 9.87. The van der Waals surface area contributed by atoms with E-state index in [-0.39, 0.29) is 12.5 Å². The summed E-state index contributed by atoms with van der Waals surface area (Å²) in [6, 6.07) is 0. The minimum atomic E-state index is -0.733. The fourth-order valence-corrected chi connectivity index (χ4v) is 3.10. The van der Waals surface area contributed by atoms with Gasteiger partial charge in [-0.25, -0.2) is 0 Å². The zero-order chi connectivity index (χ0) is 13.4. The predicted molar refractivity (Wildman–Crippen MR) is 74.4 cm³/mol. The molecule has 0 bridgehead atoms. The molecule has 1 aliphatic rings. The summed E-state index contributed by atoms with van der Waals surface area (Å²) in [5, 5.41) is 8.98. The largest absolute Gasteiger partial charge is 0.481 e. The van der Waals surface area contributed by atoms with E-state index in [0.717, 1.165) is 18.8 Å². The smallest absolute Gasteiger partial charge is 0.307 e. The third-order valence-corrected chi connectivity index (χ3v) is 4.59. The fourth-order valence-electron chi connectivity index (χ4n) is 3.10. The van der Waals surface area contributed by atoms with Crippen molar-refractivity contribution in [3.8, 4) is 0 Å². The third-order valence-electron chi connectivity index (χ3n) is 4.59. The molecule has 1 rings (SSSR count). The molecule has 106 valence electrons. The summed E-state index contributed by atoms with van der Waals surface area (Å²) in [5.41, 5.74) is 5.49. The van der Waals surface area contributed by atoms with Crippen LogP contribution in [0.4, 0.5) is 0 Å². The molecule has 0 aromatic heterocycles. The summed E-state index contributed by atoms with van der Waals surface area (Å²) in [6.07, 6.45) is 11.2. The highest BCUT2D eigenvalue weighted by Gasteiger charge is 2.19. The molecule has 0 heterocycles. The number of hydrogen-bond donors (Lipinski definition) is 2. The number of rotatable bonds is 9. The predicted octanol–water partition coefficient (Wildman–Crippen LogP) is 3.42. The van der Waals surface area contributed by atoms with Crippen molar-refractivity contribution in [2.24, 2.45) is 23.5 Å². The maximum Gasteiger partial charge on any atom is 0.307 e. The molecule has 0 aromatic rings. The van der Waals surface area contributed by atoms with Gasteiger partial charge in [-0.1, -0.05) is 51.9 Å². The van der Waals surface area contributed by atoms with Crippen molar-refractivity contribution in [2.75, 3.05) is 6.54 Å². The quantitative estimate of drug-likeness (QED) is 0.663. The Morgan fingerprint density at radius 3 is 2.44 bits per heavy atom. The molecule has 1 saturated carbocycles. The first-order valence-electron chi connectivity index (χ1n) is 7.60. The van der Waals surface area contributed by atoms with Gasteiger partial charge in [0.05, 0.1) is 5.92 Å². The standard InChI is InChI=1S/C15H29NO2/c1-2-12(7-8-13-5-3-4-6-13)9-10-14(11-16)15(17)18/h12-14H,2-11,16H2,1H3,(H,17,18). The first-order valence-corrected chi connectivity index (χ1v) is 7.60. The number of aliphatic carboxylic acids is 1. The Balaban J connectivity index is 2.21. The molecule has 0 aliphatic heterocycles. The van der Waals surface area contributed by atoms with Gasteiger partial charge < -0.3 is 10.8 Å². The number of nitrogens with two attached hydrogens (primary N) is 1. The minimum absolute atomic E-state index is 0.272. The van der Waals surface area contributed by atoms with Gasteiger partial charge in [-0.3, -0.25) is 4.79 Å². The lowest BCUT2D eigenvalue weighted by molar-refractivity contribution is -0.141. The van der Waals surface area contributed by atoms with Gasteiger partial charge in [0.2, 0.25) is 0 Å². The van der Waals surface area contributed by atoms with Crippen LogP contribution in [0.15, 0.2) is 0 Å². The van der Waals surface area contributed by atoms with E-state index >= 15 is 0 Å². The van der Waals surface area contributed by atoms with Crippen LogP contribution < -0.4 is 5.73 Å². The van der Waals surface area contributed by atoms with E-state index in [1.807, 2.05) is 0 Å². The van der Waals surface area contributed by atoms with Crippen molar-refractivity contribution in [2.45, 2.75) is 64.7 Å².